The molecule has 0 aromatic carbocycles. The van der Waals surface area contributed by atoms with E-state index in [1.807, 2.05) is 6.92 Å². The summed E-state index contributed by atoms with van der Waals surface area (Å²) in [4.78, 5) is 4.00. The Morgan fingerprint density at radius 2 is 2.42 bits per heavy atom. The van der Waals surface area contributed by atoms with Gasteiger partial charge in [0.05, 0.1) is 10.7 Å². The van der Waals surface area contributed by atoms with Crippen molar-refractivity contribution in [1.29, 1.82) is 0 Å². The first-order valence-corrected chi connectivity index (χ1v) is 3.95. The molecule has 0 aliphatic heterocycles. The average Bonchev–Trinajstić information content (AvgIpc) is 2.03. The lowest BCUT2D eigenvalue weighted by molar-refractivity contribution is 0.223. The van der Waals surface area contributed by atoms with Crippen molar-refractivity contribution in [3.05, 3.63) is 41.2 Å². The van der Waals surface area contributed by atoms with E-state index >= 15 is 0 Å². The van der Waals surface area contributed by atoms with E-state index in [0.29, 0.717) is 10.7 Å². The normalized spacial score (nSPS) is 12.6. The minimum absolute atomic E-state index is 0.576. The molecule has 0 bridgehead atoms. The molecule has 1 rings (SSSR count). The third-order valence-electron chi connectivity index (χ3n) is 1.59. The van der Waals surface area contributed by atoms with Crippen LogP contribution >= 0.6 is 11.6 Å². The molecule has 1 aromatic rings. The van der Waals surface area contributed by atoms with Gasteiger partial charge in [-0.1, -0.05) is 17.7 Å². The topological polar surface area (TPSA) is 33.1 Å². The van der Waals surface area contributed by atoms with Crippen molar-refractivity contribution in [2.24, 2.45) is 0 Å². The van der Waals surface area contributed by atoms with E-state index in [4.69, 9.17) is 11.6 Å². The van der Waals surface area contributed by atoms with Crippen molar-refractivity contribution in [3.8, 4) is 0 Å². The number of pyridine rings is 1. The van der Waals surface area contributed by atoms with Gasteiger partial charge >= 0.3 is 0 Å². The Kier molecular flexibility index (Phi) is 2.84. The molecule has 0 aliphatic carbocycles. The molecule has 0 saturated carbocycles. The Morgan fingerprint density at radius 1 is 1.75 bits per heavy atom. The molecule has 1 atom stereocenters. The first-order chi connectivity index (χ1) is 5.65. The highest BCUT2D eigenvalue weighted by Crippen LogP contribution is 2.18. The third kappa shape index (κ3) is 1.84. The van der Waals surface area contributed by atoms with Gasteiger partial charge < -0.3 is 5.11 Å². The van der Waals surface area contributed by atoms with E-state index in [9.17, 15) is 5.11 Å². The van der Waals surface area contributed by atoms with Gasteiger partial charge in [-0.25, -0.2) is 0 Å². The molecule has 12 heavy (non-hydrogen) atoms. The van der Waals surface area contributed by atoms with Gasteiger partial charge in [0.25, 0.3) is 0 Å². The Labute approximate surface area is 76.5 Å². The standard InChI is InChI=1S/C9H10ClNO/c1-3-8(12)9-6(2)4-7(10)5-11-9/h3-5,8,12H,1H2,2H3. The Balaban J connectivity index is 3.09. The SMILES string of the molecule is C=CC(O)c1ncc(Cl)cc1C. The molecular formula is C9H10ClNO. The van der Waals surface area contributed by atoms with Crippen LogP contribution in [0.5, 0.6) is 0 Å². The molecule has 3 heteroatoms. The van der Waals surface area contributed by atoms with Crippen LogP contribution in [0.3, 0.4) is 0 Å². The monoisotopic (exact) mass is 183 g/mol. The summed E-state index contributed by atoms with van der Waals surface area (Å²) in [6.45, 7) is 5.33. The molecule has 1 aromatic heterocycles. The lowest BCUT2D eigenvalue weighted by Crippen LogP contribution is -1.99. The van der Waals surface area contributed by atoms with Gasteiger partial charge in [-0.3, -0.25) is 4.98 Å². The van der Waals surface area contributed by atoms with Crippen molar-refractivity contribution >= 4 is 11.6 Å². The molecular weight excluding hydrogens is 174 g/mol. The van der Waals surface area contributed by atoms with Crippen LogP contribution in [0.25, 0.3) is 0 Å². The largest absolute Gasteiger partial charge is 0.383 e. The maximum absolute atomic E-state index is 9.38. The molecule has 0 aliphatic rings. The summed E-state index contributed by atoms with van der Waals surface area (Å²) < 4.78 is 0. The Bertz CT molecular complexity index is 299. The minimum atomic E-state index is -0.706. The van der Waals surface area contributed by atoms with E-state index in [0.717, 1.165) is 5.56 Å². The molecule has 0 saturated heterocycles. The maximum Gasteiger partial charge on any atom is 0.114 e. The van der Waals surface area contributed by atoms with Crippen LogP contribution in [-0.2, 0) is 0 Å². The highest BCUT2D eigenvalue weighted by Gasteiger charge is 2.07. The molecule has 0 radical (unpaired) electrons. The van der Waals surface area contributed by atoms with E-state index < -0.39 is 6.10 Å². The first kappa shape index (κ1) is 9.23. The summed E-state index contributed by atoms with van der Waals surface area (Å²) >= 11 is 5.69. The zero-order valence-electron chi connectivity index (χ0n) is 6.79. The number of aliphatic hydroxyl groups excluding tert-OH is 1. The number of hydrogen-bond acceptors (Lipinski definition) is 2. The van der Waals surface area contributed by atoms with Crippen LogP contribution in [-0.4, -0.2) is 10.1 Å². The van der Waals surface area contributed by atoms with Gasteiger partial charge in [0.15, 0.2) is 0 Å². The van der Waals surface area contributed by atoms with Crippen molar-refractivity contribution in [2.45, 2.75) is 13.0 Å². The molecule has 2 nitrogen and oxygen atoms in total. The van der Waals surface area contributed by atoms with E-state index in [2.05, 4.69) is 11.6 Å². The van der Waals surface area contributed by atoms with Crippen LogP contribution in [0.1, 0.15) is 17.4 Å². The second kappa shape index (κ2) is 3.70. The van der Waals surface area contributed by atoms with Crippen molar-refractivity contribution in [1.82, 2.24) is 4.98 Å². The fourth-order valence-corrected chi connectivity index (χ4v) is 1.18. The first-order valence-electron chi connectivity index (χ1n) is 3.58. The number of rotatable bonds is 2. The minimum Gasteiger partial charge on any atom is -0.383 e. The van der Waals surface area contributed by atoms with Crippen LogP contribution in [0, 0.1) is 6.92 Å². The van der Waals surface area contributed by atoms with Gasteiger partial charge in [0.2, 0.25) is 0 Å². The quantitative estimate of drug-likeness (QED) is 0.714. The third-order valence-corrected chi connectivity index (χ3v) is 1.80. The Morgan fingerprint density at radius 3 is 2.92 bits per heavy atom. The van der Waals surface area contributed by atoms with Crippen LogP contribution in [0.2, 0.25) is 5.02 Å². The second-order valence-electron chi connectivity index (χ2n) is 2.54. The summed E-state index contributed by atoms with van der Waals surface area (Å²) in [5.41, 5.74) is 1.48. The summed E-state index contributed by atoms with van der Waals surface area (Å²) in [5, 5.41) is 9.95. The van der Waals surface area contributed by atoms with E-state index in [1.54, 1.807) is 6.07 Å². The summed E-state index contributed by atoms with van der Waals surface area (Å²) in [7, 11) is 0. The molecule has 64 valence electrons. The zero-order chi connectivity index (χ0) is 9.14. The second-order valence-corrected chi connectivity index (χ2v) is 2.97. The van der Waals surface area contributed by atoms with Crippen LogP contribution < -0.4 is 0 Å². The van der Waals surface area contributed by atoms with Crippen LogP contribution in [0.15, 0.2) is 24.9 Å². The molecule has 1 unspecified atom stereocenters. The lowest BCUT2D eigenvalue weighted by atomic mass is 10.1. The number of aromatic nitrogens is 1. The summed E-state index contributed by atoms with van der Waals surface area (Å²) in [5.74, 6) is 0. The summed E-state index contributed by atoms with van der Waals surface area (Å²) in [6.07, 6.45) is 2.24. The van der Waals surface area contributed by atoms with Gasteiger partial charge in [-0.05, 0) is 18.6 Å². The van der Waals surface area contributed by atoms with E-state index in [-0.39, 0.29) is 0 Å². The van der Waals surface area contributed by atoms with Gasteiger partial charge in [0, 0.05) is 6.20 Å². The van der Waals surface area contributed by atoms with Gasteiger partial charge in [0.1, 0.15) is 6.10 Å². The molecule has 1 heterocycles. The number of nitrogens with zero attached hydrogens (tertiary/aromatic N) is 1. The fraction of sp³-hybridized carbons (Fsp3) is 0.222. The predicted octanol–water partition coefficient (Wildman–Crippen LogP) is 2.26. The maximum atomic E-state index is 9.38. The number of aryl methyl sites for hydroxylation is 1. The summed E-state index contributed by atoms with van der Waals surface area (Å²) in [6, 6.07) is 1.76. The van der Waals surface area contributed by atoms with Crippen molar-refractivity contribution in [2.75, 3.05) is 0 Å². The number of halogens is 1. The Hall–Kier alpha value is -0.860. The molecule has 0 fully saturated rings. The number of hydrogen-bond donors (Lipinski definition) is 1. The van der Waals surface area contributed by atoms with Gasteiger partial charge in [-0.2, -0.15) is 0 Å². The highest BCUT2D eigenvalue weighted by molar-refractivity contribution is 6.30. The molecule has 1 N–H and O–H groups in total. The average molecular weight is 184 g/mol. The highest BCUT2D eigenvalue weighted by atomic mass is 35.5. The smallest absolute Gasteiger partial charge is 0.114 e. The van der Waals surface area contributed by atoms with E-state index in [1.165, 1.54) is 12.3 Å². The molecule has 0 spiro atoms. The van der Waals surface area contributed by atoms with Gasteiger partial charge in [-0.15, -0.1) is 6.58 Å². The zero-order valence-corrected chi connectivity index (χ0v) is 7.54. The molecule has 0 amide bonds. The fourth-order valence-electron chi connectivity index (χ4n) is 0.972. The lowest BCUT2D eigenvalue weighted by Gasteiger charge is -2.07. The number of aliphatic hydroxyl groups is 1. The predicted molar refractivity (Wildman–Crippen MR) is 49.1 cm³/mol. The van der Waals surface area contributed by atoms with Crippen LogP contribution in [0.4, 0.5) is 0 Å². The van der Waals surface area contributed by atoms with Crippen molar-refractivity contribution < 1.29 is 5.11 Å². The van der Waals surface area contributed by atoms with Crippen molar-refractivity contribution in [3.63, 3.8) is 0 Å².